The molecular formula is C23H28N4O6. The fourth-order valence-electron chi connectivity index (χ4n) is 3.37. The molecule has 0 radical (unpaired) electrons. The van der Waals surface area contributed by atoms with Crippen LogP contribution in [-0.2, 0) is 22.7 Å². The van der Waals surface area contributed by atoms with Gasteiger partial charge in [-0.05, 0) is 24.1 Å². The molecule has 2 atom stereocenters. The first-order valence-electron chi connectivity index (χ1n) is 10.6. The van der Waals surface area contributed by atoms with Gasteiger partial charge in [-0.3, -0.25) is 19.0 Å². The number of aromatic nitrogens is 2. The Kier molecular flexibility index (Phi) is 7.70. The molecule has 10 nitrogen and oxygen atoms in total. The molecular weight excluding hydrogens is 428 g/mol. The Hall–Kier alpha value is -3.82. The Morgan fingerprint density at radius 1 is 1.21 bits per heavy atom. The Balaban J connectivity index is 1.75. The number of ether oxygens (including phenoxy) is 2. The van der Waals surface area contributed by atoms with Crippen molar-refractivity contribution in [1.82, 2.24) is 20.2 Å². The van der Waals surface area contributed by atoms with Crippen molar-refractivity contribution in [2.75, 3.05) is 14.2 Å². The summed E-state index contributed by atoms with van der Waals surface area (Å²) in [6.45, 7) is 3.74. The number of furan rings is 1. The van der Waals surface area contributed by atoms with Crippen LogP contribution in [0, 0.1) is 5.92 Å². The van der Waals surface area contributed by atoms with Crippen molar-refractivity contribution in [3.05, 3.63) is 53.0 Å². The average molecular weight is 456 g/mol. The van der Waals surface area contributed by atoms with Crippen molar-refractivity contribution in [3.63, 3.8) is 0 Å². The van der Waals surface area contributed by atoms with E-state index in [1.165, 1.54) is 37.4 Å². The van der Waals surface area contributed by atoms with Crippen molar-refractivity contribution in [2.45, 2.75) is 39.4 Å². The number of benzene rings is 1. The maximum atomic E-state index is 12.9. The van der Waals surface area contributed by atoms with Gasteiger partial charge >= 0.3 is 0 Å². The van der Waals surface area contributed by atoms with E-state index in [1.807, 2.05) is 13.8 Å². The number of amides is 2. The SMILES string of the molecule is CC[C@@H](C)[C@H](NC(=O)Cn1cnc2cc(OC)c(OC)cc2c1=O)C(=O)NCc1ccco1. The van der Waals surface area contributed by atoms with Crippen LogP contribution in [0.4, 0.5) is 0 Å². The maximum absolute atomic E-state index is 12.9. The molecule has 2 heterocycles. The summed E-state index contributed by atoms with van der Waals surface area (Å²) in [5, 5.41) is 5.81. The molecule has 2 N–H and O–H groups in total. The van der Waals surface area contributed by atoms with Crippen molar-refractivity contribution in [1.29, 1.82) is 0 Å². The minimum absolute atomic E-state index is 0.117. The number of hydrogen-bond donors (Lipinski definition) is 2. The summed E-state index contributed by atoms with van der Waals surface area (Å²) < 4.78 is 16.9. The van der Waals surface area contributed by atoms with Gasteiger partial charge in [0.05, 0.1) is 44.3 Å². The Morgan fingerprint density at radius 3 is 2.58 bits per heavy atom. The lowest BCUT2D eigenvalue weighted by Crippen LogP contribution is -2.51. The van der Waals surface area contributed by atoms with Crippen LogP contribution in [0.5, 0.6) is 11.5 Å². The van der Waals surface area contributed by atoms with E-state index in [0.29, 0.717) is 29.2 Å². The summed E-state index contributed by atoms with van der Waals surface area (Å²) in [7, 11) is 2.96. The van der Waals surface area contributed by atoms with Gasteiger partial charge in [0.15, 0.2) is 11.5 Å². The molecule has 1 aromatic carbocycles. The second-order valence-electron chi connectivity index (χ2n) is 7.63. The molecule has 0 aliphatic rings. The first-order valence-corrected chi connectivity index (χ1v) is 10.6. The Bertz CT molecular complexity index is 1170. The molecule has 0 aliphatic heterocycles. The zero-order valence-electron chi connectivity index (χ0n) is 19.1. The molecule has 0 aliphatic carbocycles. The van der Waals surface area contributed by atoms with Crippen LogP contribution in [0.2, 0.25) is 0 Å². The molecule has 0 fully saturated rings. The average Bonchev–Trinajstić information content (AvgIpc) is 3.35. The molecule has 0 saturated carbocycles. The molecule has 0 unspecified atom stereocenters. The molecule has 2 aromatic heterocycles. The molecule has 0 saturated heterocycles. The fraction of sp³-hybridized carbons (Fsp3) is 0.391. The van der Waals surface area contributed by atoms with Crippen LogP contribution in [0.25, 0.3) is 10.9 Å². The monoisotopic (exact) mass is 456 g/mol. The number of rotatable bonds is 10. The zero-order chi connectivity index (χ0) is 24.0. The molecule has 0 spiro atoms. The largest absolute Gasteiger partial charge is 0.493 e. The quantitative estimate of drug-likeness (QED) is 0.477. The van der Waals surface area contributed by atoms with Crippen LogP contribution < -0.4 is 25.7 Å². The summed E-state index contributed by atoms with van der Waals surface area (Å²) in [5.74, 6) is 0.528. The van der Waals surface area contributed by atoms with Gasteiger partial charge in [0.1, 0.15) is 18.3 Å². The van der Waals surface area contributed by atoms with Gasteiger partial charge in [0.25, 0.3) is 5.56 Å². The van der Waals surface area contributed by atoms with Crippen molar-refractivity contribution in [3.8, 4) is 11.5 Å². The van der Waals surface area contributed by atoms with Crippen LogP contribution in [0.3, 0.4) is 0 Å². The standard InChI is InChI=1S/C23H28N4O6/c1-5-14(2)21(22(29)24-11-15-7-6-8-33-15)26-20(28)12-27-13-25-17-10-19(32-4)18(31-3)9-16(17)23(27)30/h6-10,13-14,21H,5,11-12H2,1-4H3,(H,24,29)(H,26,28)/t14-,21+/m1/s1. The lowest BCUT2D eigenvalue weighted by atomic mass is 9.98. The molecule has 3 aromatic rings. The van der Waals surface area contributed by atoms with Crippen molar-refractivity contribution < 1.29 is 23.5 Å². The van der Waals surface area contributed by atoms with E-state index in [-0.39, 0.29) is 30.3 Å². The van der Waals surface area contributed by atoms with Gasteiger partial charge in [-0.2, -0.15) is 0 Å². The number of carbonyl (C=O) groups is 2. The number of methoxy groups -OCH3 is 2. The summed E-state index contributed by atoms with van der Waals surface area (Å²) in [4.78, 5) is 42.7. The van der Waals surface area contributed by atoms with Gasteiger partial charge in [0.2, 0.25) is 11.8 Å². The summed E-state index contributed by atoms with van der Waals surface area (Å²) in [6, 6.07) is 5.85. The predicted molar refractivity (Wildman–Crippen MR) is 121 cm³/mol. The van der Waals surface area contributed by atoms with Gasteiger partial charge in [-0.1, -0.05) is 20.3 Å². The highest BCUT2D eigenvalue weighted by molar-refractivity contribution is 5.88. The lowest BCUT2D eigenvalue weighted by Gasteiger charge is -2.23. The van der Waals surface area contributed by atoms with Crippen LogP contribution in [-0.4, -0.2) is 41.6 Å². The molecule has 3 rings (SSSR count). The van der Waals surface area contributed by atoms with Gasteiger partial charge in [-0.15, -0.1) is 0 Å². The van der Waals surface area contributed by atoms with Crippen LogP contribution in [0.15, 0.2) is 46.1 Å². The summed E-state index contributed by atoms with van der Waals surface area (Å²) in [5.41, 5.74) is 0.0163. The van der Waals surface area contributed by atoms with E-state index in [4.69, 9.17) is 13.9 Å². The van der Waals surface area contributed by atoms with Crippen molar-refractivity contribution >= 4 is 22.7 Å². The minimum atomic E-state index is -0.758. The molecule has 0 bridgehead atoms. The van der Waals surface area contributed by atoms with E-state index in [2.05, 4.69) is 15.6 Å². The van der Waals surface area contributed by atoms with Crippen molar-refractivity contribution in [2.24, 2.45) is 5.92 Å². The Labute approximate surface area is 190 Å². The molecule has 176 valence electrons. The molecule has 33 heavy (non-hydrogen) atoms. The zero-order valence-corrected chi connectivity index (χ0v) is 19.1. The highest BCUT2D eigenvalue weighted by Crippen LogP contribution is 2.29. The number of hydrogen-bond acceptors (Lipinski definition) is 7. The van der Waals surface area contributed by atoms with E-state index in [9.17, 15) is 14.4 Å². The number of nitrogens with zero attached hydrogens (tertiary/aromatic N) is 2. The van der Waals surface area contributed by atoms with E-state index in [0.717, 1.165) is 0 Å². The van der Waals surface area contributed by atoms with E-state index >= 15 is 0 Å². The first kappa shape index (κ1) is 23.8. The third kappa shape index (κ3) is 5.51. The van der Waals surface area contributed by atoms with E-state index in [1.54, 1.807) is 18.2 Å². The number of fused-ring (bicyclic) bond motifs is 1. The second-order valence-corrected chi connectivity index (χ2v) is 7.63. The highest BCUT2D eigenvalue weighted by atomic mass is 16.5. The summed E-state index contributed by atoms with van der Waals surface area (Å²) >= 11 is 0. The van der Waals surface area contributed by atoms with Gasteiger partial charge < -0.3 is 24.5 Å². The predicted octanol–water partition coefficient (Wildman–Crippen LogP) is 1.85. The van der Waals surface area contributed by atoms with Crippen LogP contribution in [0.1, 0.15) is 26.0 Å². The summed E-state index contributed by atoms with van der Waals surface area (Å²) in [6.07, 6.45) is 3.50. The lowest BCUT2D eigenvalue weighted by molar-refractivity contribution is -0.130. The first-order chi connectivity index (χ1) is 15.9. The van der Waals surface area contributed by atoms with Gasteiger partial charge in [-0.25, -0.2) is 4.98 Å². The fourth-order valence-corrected chi connectivity index (χ4v) is 3.37. The molecule has 2 amide bonds. The minimum Gasteiger partial charge on any atom is -0.493 e. The molecule has 10 heteroatoms. The highest BCUT2D eigenvalue weighted by Gasteiger charge is 2.26. The number of carbonyl (C=O) groups excluding carboxylic acids is 2. The van der Waals surface area contributed by atoms with Crippen LogP contribution >= 0.6 is 0 Å². The maximum Gasteiger partial charge on any atom is 0.261 e. The third-order valence-electron chi connectivity index (χ3n) is 5.47. The number of nitrogens with one attached hydrogen (secondary N) is 2. The smallest absolute Gasteiger partial charge is 0.261 e. The third-order valence-corrected chi connectivity index (χ3v) is 5.47. The Morgan fingerprint density at radius 2 is 1.94 bits per heavy atom. The second kappa shape index (κ2) is 10.7. The van der Waals surface area contributed by atoms with Gasteiger partial charge in [0, 0.05) is 6.07 Å². The normalized spacial score (nSPS) is 12.7. The topological polar surface area (TPSA) is 125 Å². The van der Waals surface area contributed by atoms with E-state index < -0.39 is 17.5 Å².